The highest BCUT2D eigenvalue weighted by Crippen LogP contribution is 2.31. The molecular weight excluding hydrogens is 282 g/mol. The van der Waals surface area contributed by atoms with Crippen molar-refractivity contribution >= 4 is 21.6 Å². The van der Waals surface area contributed by atoms with Crippen LogP contribution in [0, 0.1) is 0 Å². The van der Waals surface area contributed by atoms with E-state index < -0.39 is 9.84 Å². The van der Waals surface area contributed by atoms with Crippen LogP contribution >= 0.6 is 11.8 Å². The molecule has 1 aromatic carbocycles. The van der Waals surface area contributed by atoms with Crippen molar-refractivity contribution in [1.82, 2.24) is 5.32 Å². The van der Waals surface area contributed by atoms with Gasteiger partial charge in [-0.2, -0.15) is 0 Å². The van der Waals surface area contributed by atoms with Crippen LogP contribution in [0.3, 0.4) is 0 Å². The first kappa shape index (κ1) is 16.3. The average molecular weight is 303 g/mol. The minimum absolute atomic E-state index is 0.0670. The molecule has 2 N–H and O–H groups in total. The summed E-state index contributed by atoms with van der Waals surface area (Å²) in [7, 11) is -3.13. The van der Waals surface area contributed by atoms with Gasteiger partial charge in [0.2, 0.25) is 0 Å². The van der Waals surface area contributed by atoms with Crippen molar-refractivity contribution in [2.45, 2.75) is 35.8 Å². The molecule has 1 aliphatic rings. The Hall–Kier alpha value is -0.720. The van der Waals surface area contributed by atoms with Gasteiger partial charge in [0.05, 0.1) is 10.3 Å². The number of phenolic OH excluding ortho intramolecular Hbond substituents is 1. The first-order chi connectivity index (χ1) is 8.60. The van der Waals surface area contributed by atoms with Gasteiger partial charge in [-0.25, -0.2) is 8.42 Å². The van der Waals surface area contributed by atoms with Crippen LogP contribution in [0.5, 0.6) is 5.75 Å². The minimum atomic E-state index is -3.13. The van der Waals surface area contributed by atoms with Crippen molar-refractivity contribution in [3.8, 4) is 5.75 Å². The zero-order chi connectivity index (χ0) is 14.7. The first-order valence-electron chi connectivity index (χ1n) is 6.00. The first-order valence-corrected chi connectivity index (χ1v) is 8.77. The van der Waals surface area contributed by atoms with Gasteiger partial charge in [-0.1, -0.05) is 0 Å². The van der Waals surface area contributed by atoms with Gasteiger partial charge in [0.15, 0.2) is 9.84 Å². The molecule has 108 valence electrons. The third-order valence-electron chi connectivity index (χ3n) is 2.58. The summed E-state index contributed by atoms with van der Waals surface area (Å²) in [6, 6.07) is 5.42. The van der Waals surface area contributed by atoms with E-state index >= 15 is 0 Å². The van der Waals surface area contributed by atoms with E-state index in [4.69, 9.17) is 5.11 Å². The van der Waals surface area contributed by atoms with Gasteiger partial charge < -0.3 is 10.4 Å². The number of hydrogen-bond acceptors (Lipinski definition) is 5. The standard InChI is InChI=1S/C7H8O3S.C6H13NS/c1-11(9,10)7-4-2-6(8)3-5-7;1-5-7-4-6(2,3)8-5/h2-5,8H,1H3;5,7H,4H2,1-3H3. The highest BCUT2D eigenvalue weighted by molar-refractivity contribution is 8.01. The normalized spacial score (nSPS) is 21.6. The number of aromatic hydroxyl groups is 1. The van der Waals surface area contributed by atoms with Crippen LogP contribution < -0.4 is 5.32 Å². The topological polar surface area (TPSA) is 66.4 Å². The second kappa shape index (κ2) is 6.15. The number of phenols is 1. The smallest absolute Gasteiger partial charge is 0.175 e. The van der Waals surface area contributed by atoms with E-state index in [1.807, 2.05) is 11.8 Å². The summed E-state index contributed by atoms with van der Waals surface area (Å²) >= 11 is 2.01. The molecule has 19 heavy (non-hydrogen) atoms. The number of nitrogens with one attached hydrogen (secondary N) is 1. The van der Waals surface area contributed by atoms with Crippen LogP contribution in [-0.4, -0.2) is 36.4 Å². The molecule has 1 atom stereocenters. The number of benzene rings is 1. The van der Waals surface area contributed by atoms with Gasteiger partial charge >= 0.3 is 0 Å². The lowest BCUT2D eigenvalue weighted by atomic mass is 10.2. The lowest BCUT2D eigenvalue weighted by Gasteiger charge is -2.12. The molecule has 1 aromatic rings. The van der Waals surface area contributed by atoms with Crippen molar-refractivity contribution in [2.24, 2.45) is 0 Å². The number of thioether (sulfide) groups is 1. The fraction of sp³-hybridized carbons (Fsp3) is 0.538. The summed E-state index contributed by atoms with van der Waals surface area (Å²) in [5, 5.41) is 12.9. The quantitative estimate of drug-likeness (QED) is 0.833. The van der Waals surface area contributed by atoms with Gasteiger partial charge in [0.25, 0.3) is 0 Å². The molecule has 1 unspecified atom stereocenters. The van der Waals surface area contributed by atoms with Crippen molar-refractivity contribution in [2.75, 3.05) is 12.8 Å². The molecule has 0 spiro atoms. The monoisotopic (exact) mass is 303 g/mol. The summed E-state index contributed by atoms with van der Waals surface area (Å²) in [5.74, 6) is 0.0670. The van der Waals surface area contributed by atoms with Crippen molar-refractivity contribution in [3.63, 3.8) is 0 Å². The summed E-state index contributed by atoms with van der Waals surface area (Å²) in [6.07, 6.45) is 1.12. The Morgan fingerprint density at radius 1 is 1.32 bits per heavy atom. The highest BCUT2D eigenvalue weighted by atomic mass is 32.2. The fourth-order valence-electron chi connectivity index (χ4n) is 1.64. The van der Waals surface area contributed by atoms with Crippen LogP contribution in [0.1, 0.15) is 20.8 Å². The van der Waals surface area contributed by atoms with E-state index in [1.54, 1.807) is 0 Å². The second-order valence-electron chi connectivity index (χ2n) is 5.17. The summed E-state index contributed by atoms with van der Waals surface area (Å²) in [5.41, 5.74) is 0. The van der Waals surface area contributed by atoms with Gasteiger partial charge in [-0.15, -0.1) is 11.8 Å². The van der Waals surface area contributed by atoms with E-state index in [1.165, 1.54) is 24.3 Å². The molecule has 6 heteroatoms. The molecule has 0 bridgehead atoms. The zero-order valence-electron chi connectivity index (χ0n) is 11.7. The fourth-order valence-corrected chi connectivity index (χ4v) is 3.57. The molecule has 0 aromatic heterocycles. The molecule has 1 saturated heterocycles. The van der Waals surface area contributed by atoms with Gasteiger partial charge in [-0.05, 0) is 45.0 Å². The number of rotatable bonds is 1. The molecule has 0 saturated carbocycles. The molecule has 1 aliphatic heterocycles. The SMILES string of the molecule is CC1NCC(C)(C)S1.CS(=O)(=O)c1ccc(O)cc1. The summed E-state index contributed by atoms with van der Waals surface area (Å²) in [6.45, 7) is 7.90. The molecular formula is C13H21NO3S2. The van der Waals surface area contributed by atoms with Crippen molar-refractivity contribution in [1.29, 1.82) is 0 Å². The summed E-state index contributed by atoms with van der Waals surface area (Å²) < 4.78 is 22.2. The Morgan fingerprint density at radius 3 is 2.11 bits per heavy atom. The lowest BCUT2D eigenvalue weighted by molar-refractivity contribution is 0.475. The third-order valence-corrected chi connectivity index (χ3v) is 5.01. The predicted octanol–water partition coefficient (Wildman–Crippen LogP) is 2.24. The Balaban J connectivity index is 0.000000200. The average Bonchev–Trinajstić information content (AvgIpc) is 2.56. The predicted molar refractivity (Wildman–Crippen MR) is 80.4 cm³/mol. The minimum Gasteiger partial charge on any atom is -0.508 e. The molecule has 0 aliphatic carbocycles. The second-order valence-corrected chi connectivity index (χ2v) is 9.23. The van der Waals surface area contributed by atoms with E-state index in [2.05, 4.69) is 26.1 Å². The van der Waals surface area contributed by atoms with Crippen LogP contribution in [0.2, 0.25) is 0 Å². The molecule has 4 nitrogen and oxygen atoms in total. The third kappa shape index (κ3) is 5.84. The maximum absolute atomic E-state index is 10.9. The molecule has 2 rings (SSSR count). The Labute approximate surface area is 119 Å². The molecule has 0 amide bonds. The number of sulfone groups is 1. The molecule has 1 fully saturated rings. The van der Waals surface area contributed by atoms with Crippen molar-refractivity contribution < 1.29 is 13.5 Å². The lowest BCUT2D eigenvalue weighted by Crippen LogP contribution is -2.22. The van der Waals surface area contributed by atoms with E-state index in [-0.39, 0.29) is 10.6 Å². The van der Waals surface area contributed by atoms with Gasteiger partial charge in [0, 0.05) is 17.5 Å². The van der Waals surface area contributed by atoms with Crippen LogP contribution in [0.25, 0.3) is 0 Å². The van der Waals surface area contributed by atoms with E-state index in [0.717, 1.165) is 12.8 Å². The van der Waals surface area contributed by atoms with Crippen LogP contribution in [-0.2, 0) is 9.84 Å². The van der Waals surface area contributed by atoms with Gasteiger partial charge in [-0.3, -0.25) is 0 Å². The van der Waals surface area contributed by atoms with Crippen LogP contribution in [0.4, 0.5) is 0 Å². The maximum atomic E-state index is 10.9. The van der Waals surface area contributed by atoms with E-state index in [0.29, 0.717) is 10.1 Å². The summed E-state index contributed by atoms with van der Waals surface area (Å²) in [4.78, 5) is 0.218. The van der Waals surface area contributed by atoms with Gasteiger partial charge in [0.1, 0.15) is 5.75 Å². The Bertz CT molecular complexity index is 509. The highest BCUT2D eigenvalue weighted by Gasteiger charge is 2.27. The maximum Gasteiger partial charge on any atom is 0.175 e. The largest absolute Gasteiger partial charge is 0.508 e. The Kier molecular flexibility index (Phi) is 5.29. The van der Waals surface area contributed by atoms with Crippen molar-refractivity contribution in [3.05, 3.63) is 24.3 Å². The van der Waals surface area contributed by atoms with E-state index in [9.17, 15) is 8.42 Å². The number of hydrogen-bond donors (Lipinski definition) is 2. The zero-order valence-corrected chi connectivity index (χ0v) is 13.3. The molecule has 1 heterocycles. The Morgan fingerprint density at radius 2 is 1.84 bits per heavy atom. The van der Waals surface area contributed by atoms with Crippen LogP contribution in [0.15, 0.2) is 29.2 Å². The molecule has 0 radical (unpaired) electrons.